The number of aromatic nitrogens is 1. The van der Waals surface area contributed by atoms with Crippen LogP contribution in [0.5, 0.6) is 0 Å². The average Bonchev–Trinajstić information content (AvgIpc) is 2.76. The molecule has 0 fully saturated rings. The van der Waals surface area contributed by atoms with Crippen molar-refractivity contribution in [3.8, 4) is 11.5 Å². The van der Waals surface area contributed by atoms with E-state index in [1.54, 1.807) is 0 Å². The van der Waals surface area contributed by atoms with Crippen LogP contribution >= 0.6 is 15.9 Å². The molecule has 2 aromatic carbocycles. The maximum absolute atomic E-state index is 5.85. The highest BCUT2D eigenvalue weighted by Gasteiger charge is 2.10. The van der Waals surface area contributed by atoms with Crippen LogP contribution in [0.25, 0.3) is 22.6 Å². The summed E-state index contributed by atoms with van der Waals surface area (Å²) in [5.41, 5.74) is 6.40. The lowest BCUT2D eigenvalue weighted by molar-refractivity contribution is 0.619. The number of fused-ring (bicyclic) bond motifs is 1. The second-order valence-electron chi connectivity index (χ2n) is 4.89. The number of rotatable bonds is 1. The topological polar surface area (TPSA) is 26.0 Å². The second-order valence-corrected chi connectivity index (χ2v) is 5.74. The van der Waals surface area contributed by atoms with E-state index >= 15 is 0 Å². The van der Waals surface area contributed by atoms with E-state index in [9.17, 15) is 0 Å². The van der Waals surface area contributed by atoms with Crippen LogP contribution in [0.3, 0.4) is 0 Å². The first-order chi connectivity index (χ1) is 9.04. The highest BCUT2D eigenvalue weighted by atomic mass is 79.9. The minimum atomic E-state index is 0.667. The Balaban J connectivity index is 2.17. The Kier molecular flexibility index (Phi) is 2.94. The predicted octanol–water partition coefficient (Wildman–Crippen LogP) is 5.18. The van der Waals surface area contributed by atoms with E-state index in [2.05, 4.69) is 53.8 Å². The van der Waals surface area contributed by atoms with Crippen molar-refractivity contribution in [3.63, 3.8) is 0 Å². The second kappa shape index (κ2) is 4.49. The first-order valence-electron chi connectivity index (χ1n) is 6.19. The third kappa shape index (κ3) is 2.19. The van der Waals surface area contributed by atoms with Gasteiger partial charge in [0.05, 0.1) is 0 Å². The minimum Gasteiger partial charge on any atom is -0.436 e. The molecule has 0 aliphatic heterocycles. The molecule has 0 aliphatic rings. The van der Waals surface area contributed by atoms with E-state index in [0.29, 0.717) is 5.89 Å². The van der Waals surface area contributed by atoms with E-state index in [1.165, 1.54) is 16.7 Å². The lowest BCUT2D eigenvalue weighted by Gasteiger charge is -1.99. The molecule has 1 heterocycles. The Bertz CT molecular complexity index is 735. The Morgan fingerprint density at radius 2 is 1.68 bits per heavy atom. The van der Waals surface area contributed by atoms with Gasteiger partial charge in [-0.2, -0.15) is 0 Å². The molecule has 0 spiro atoms. The van der Waals surface area contributed by atoms with Crippen molar-refractivity contribution in [1.29, 1.82) is 0 Å². The molecule has 0 atom stereocenters. The van der Waals surface area contributed by atoms with E-state index < -0.39 is 0 Å². The summed E-state index contributed by atoms with van der Waals surface area (Å²) < 4.78 is 6.92. The maximum atomic E-state index is 5.85. The van der Waals surface area contributed by atoms with Crippen LogP contribution in [-0.4, -0.2) is 4.98 Å². The van der Waals surface area contributed by atoms with Gasteiger partial charge in [0, 0.05) is 10.0 Å². The molecule has 0 saturated carbocycles. The van der Waals surface area contributed by atoms with Crippen molar-refractivity contribution in [3.05, 3.63) is 51.5 Å². The van der Waals surface area contributed by atoms with Crippen molar-refractivity contribution in [1.82, 2.24) is 4.98 Å². The summed E-state index contributed by atoms with van der Waals surface area (Å²) in [6, 6.07) is 10.3. The molecule has 0 saturated heterocycles. The summed E-state index contributed by atoms with van der Waals surface area (Å²) in [6.07, 6.45) is 0. The van der Waals surface area contributed by atoms with E-state index in [1.807, 2.05) is 18.2 Å². The smallest absolute Gasteiger partial charge is 0.227 e. The van der Waals surface area contributed by atoms with Gasteiger partial charge in [-0.15, -0.1) is 0 Å². The van der Waals surface area contributed by atoms with Crippen molar-refractivity contribution >= 4 is 27.0 Å². The van der Waals surface area contributed by atoms with Gasteiger partial charge >= 0.3 is 0 Å². The molecular formula is C16H14BrNO. The Morgan fingerprint density at radius 3 is 2.42 bits per heavy atom. The van der Waals surface area contributed by atoms with Crippen molar-refractivity contribution in [2.24, 2.45) is 0 Å². The Labute approximate surface area is 120 Å². The summed E-state index contributed by atoms with van der Waals surface area (Å²) in [7, 11) is 0. The molecule has 0 unspecified atom stereocenters. The van der Waals surface area contributed by atoms with Crippen LogP contribution in [0.15, 0.2) is 39.2 Å². The SMILES string of the molecule is Cc1cc2nc(-c3ccc(C)c(Br)c3)oc2cc1C. The summed E-state index contributed by atoms with van der Waals surface area (Å²) in [6.45, 7) is 6.23. The van der Waals surface area contributed by atoms with Crippen LogP contribution in [0.4, 0.5) is 0 Å². The van der Waals surface area contributed by atoms with Crippen molar-refractivity contribution in [2.45, 2.75) is 20.8 Å². The van der Waals surface area contributed by atoms with Crippen LogP contribution in [0, 0.1) is 20.8 Å². The lowest BCUT2D eigenvalue weighted by Crippen LogP contribution is -1.81. The molecule has 0 aliphatic carbocycles. The maximum Gasteiger partial charge on any atom is 0.227 e. The van der Waals surface area contributed by atoms with E-state index in [4.69, 9.17) is 4.42 Å². The molecule has 2 nitrogen and oxygen atoms in total. The van der Waals surface area contributed by atoms with Gasteiger partial charge in [-0.25, -0.2) is 4.98 Å². The lowest BCUT2D eigenvalue weighted by atomic mass is 10.1. The van der Waals surface area contributed by atoms with E-state index in [-0.39, 0.29) is 0 Å². The summed E-state index contributed by atoms with van der Waals surface area (Å²) in [5, 5.41) is 0. The molecule has 0 amide bonds. The molecule has 0 radical (unpaired) electrons. The van der Waals surface area contributed by atoms with E-state index in [0.717, 1.165) is 21.1 Å². The molecule has 0 N–H and O–H groups in total. The Hall–Kier alpha value is -1.61. The molecule has 19 heavy (non-hydrogen) atoms. The normalized spacial score (nSPS) is 11.2. The van der Waals surface area contributed by atoms with Gasteiger partial charge in [-0.1, -0.05) is 22.0 Å². The summed E-state index contributed by atoms with van der Waals surface area (Å²) in [5.74, 6) is 0.667. The number of oxazole rings is 1. The zero-order valence-electron chi connectivity index (χ0n) is 11.1. The number of halogens is 1. The van der Waals surface area contributed by atoms with Gasteiger partial charge in [0.25, 0.3) is 0 Å². The molecule has 3 rings (SSSR count). The highest BCUT2D eigenvalue weighted by Crippen LogP contribution is 2.29. The number of hydrogen-bond donors (Lipinski definition) is 0. The van der Waals surface area contributed by atoms with Gasteiger partial charge in [0.1, 0.15) is 5.52 Å². The largest absolute Gasteiger partial charge is 0.436 e. The van der Waals surface area contributed by atoms with Gasteiger partial charge in [0.2, 0.25) is 5.89 Å². The number of aryl methyl sites for hydroxylation is 3. The molecular weight excluding hydrogens is 302 g/mol. The van der Waals surface area contributed by atoms with Gasteiger partial charge in [-0.3, -0.25) is 0 Å². The zero-order valence-corrected chi connectivity index (χ0v) is 12.7. The monoisotopic (exact) mass is 315 g/mol. The summed E-state index contributed by atoms with van der Waals surface area (Å²) >= 11 is 3.54. The Morgan fingerprint density at radius 1 is 0.947 bits per heavy atom. The first-order valence-corrected chi connectivity index (χ1v) is 6.98. The zero-order chi connectivity index (χ0) is 13.6. The van der Waals surface area contributed by atoms with Gasteiger partial charge in [0.15, 0.2) is 5.58 Å². The predicted molar refractivity (Wildman–Crippen MR) is 81.4 cm³/mol. The molecule has 0 bridgehead atoms. The number of nitrogens with zero attached hydrogens (tertiary/aromatic N) is 1. The first kappa shape index (κ1) is 12.4. The molecule has 1 aromatic heterocycles. The van der Waals surface area contributed by atoms with Crippen LogP contribution < -0.4 is 0 Å². The average molecular weight is 316 g/mol. The quantitative estimate of drug-likeness (QED) is 0.618. The fraction of sp³-hybridized carbons (Fsp3) is 0.188. The fourth-order valence-electron chi connectivity index (χ4n) is 2.03. The standard InChI is InChI=1S/C16H14BrNO/c1-9-4-5-12(8-13(9)17)16-18-14-6-10(2)11(3)7-15(14)19-16/h4-8H,1-3H3. The molecule has 3 heteroatoms. The third-order valence-corrected chi connectivity index (χ3v) is 4.28. The van der Waals surface area contributed by atoms with Crippen LogP contribution in [0.2, 0.25) is 0 Å². The van der Waals surface area contributed by atoms with Crippen LogP contribution in [-0.2, 0) is 0 Å². The van der Waals surface area contributed by atoms with Crippen molar-refractivity contribution < 1.29 is 4.42 Å². The highest BCUT2D eigenvalue weighted by molar-refractivity contribution is 9.10. The number of benzene rings is 2. The van der Waals surface area contributed by atoms with Crippen LogP contribution in [0.1, 0.15) is 16.7 Å². The summed E-state index contributed by atoms with van der Waals surface area (Å²) in [4.78, 5) is 4.57. The van der Waals surface area contributed by atoms with Gasteiger partial charge in [-0.05, 0) is 61.7 Å². The molecule has 3 aromatic rings. The minimum absolute atomic E-state index is 0.667. The molecule has 96 valence electrons. The van der Waals surface area contributed by atoms with Crippen molar-refractivity contribution in [2.75, 3.05) is 0 Å². The van der Waals surface area contributed by atoms with Gasteiger partial charge < -0.3 is 4.42 Å². The fourth-order valence-corrected chi connectivity index (χ4v) is 2.41. The third-order valence-electron chi connectivity index (χ3n) is 3.42. The number of hydrogen-bond acceptors (Lipinski definition) is 2.